The van der Waals surface area contributed by atoms with E-state index in [0.29, 0.717) is 11.4 Å². The van der Waals surface area contributed by atoms with Crippen LogP contribution in [0.5, 0.6) is 5.75 Å². The molecule has 0 aliphatic carbocycles. The van der Waals surface area contributed by atoms with Gasteiger partial charge in [-0.1, -0.05) is 30.4 Å². The number of aryl methyl sites for hydroxylation is 1. The molecule has 1 aromatic carbocycles. The first kappa shape index (κ1) is 9.99. The molecular weight excluding hydrogens is 182 g/mol. The SMILES string of the molecule is COc1c(C)cccc1CC(N)=S. The normalized spacial score (nSPS) is 9.69. The smallest absolute Gasteiger partial charge is 0.125 e. The molecule has 1 aromatic rings. The quantitative estimate of drug-likeness (QED) is 0.747. The van der Waals surface area contributed by atoms with Crippen molar-refractivity contribution in [2.75, 3.05) is 7.11 Å². The number of methoxy groups -OCH3 is 1. The van der Waals surface area contributed by atoms with E-state index in [0.717, 1.165) is 16.9 Å². The minimum absolute atomic E-state index is 0.490. The Balaban J connectivity index is 3.05. The zero-order chi connectivity index (χ0) is 9.84. The molecule has 70 valence electrons. The maximum Gasteiger partial charge on any atom is 0.125 e. The van der Waals surface area contributed by atoms with Crippen molar-refractivity contribution < 1.29 is 4.74 Å². The Morgan fingerprint density at radius 3 is 2.77 bits per heavy atom. The van der Waals surface area contributed by atoms with E-state index in [9.17, 15) is 0 Å². The van der Waals surface area contributed by atoms with Crippen molar-refractivity contribution in [3.8, 4) is 5.75 Å². The third-order valence-corrected chi connectivity index (χ3v) is 2.01. The summed E-state index contributed by atoms with van der Waals surface area (Å²) >= 11 is 4.85. The minimum atomic E-state index is 0.490. The van der Waals surface area contributed by atoms with Crippen molar-refractivity contribution in [1.82, 2.24) is 0 Å². The van der Waals surface area contributed by atoms with Gasteiger partial charge in [-0.05, 0) is 12.5 Å². The third-order valence-electron chi connectivity index (χ3n) is 1.86. The summed E-state index contributed by atoms with van der Waals surface area (Å²) in [5.74, 6) is 0.885. The number of hydrogen-bond acceptors (Lipinski definition) is 2. The Hall–Kier alpha value is -1.09. The van der Waals surface area contributed by atoms with Gasteiger partial charge in [0.15, 0.2) is 0 Å². The number of thiocarbonyl (C=S) groups is 1. The van der Waals surface area contributed by atoms with Crippen LogP contribution in [0.3, 0.4) is 0 Å². The summed E-state index contributed by atoms with van der Waals surface area (Å²) in [7, 11) is 1.66. The van der Waals surface area contributed by atoms with Crippen LogP contribution >= 0.6 is 12.2 Å². The van der Waals surface area contributed by atoms with E-state index in [-0.39, 0.29) is 0 Å². The van der Waals surface area contributed by atoms with Gasteiger partial charge in [0.2, 0.25) is 0 Å². The van der Waals surface area contributed by atoms with Crippen molar-refractivity contribution in [3.63, 3.8) is 0 Å². The lowest BCUT2D eigenvalue weighted by Crippen LogP contribution is -2.12. The highest BCUT2D eigenvalue weighted by Crippen LogP contribution is 2.23. The minimum Gasteiger partial charge on any atom is -0.496 e. The van der Waals surface area contributed by atoms with Crippen molar-refractivity contribution in [3.05, 3.63) is 29.3 Å². The molecule has 13 heavy (non-hydrogen) atoms. The van der Waals surface area contributed by atoms with E-state index in [1.165, 1.54) is 0 Å². The van der Waals surface area contributed by atoms with Crippen LogP contribution in [0.15, 0.2) is 18.2 Å². The molecule has 0 saturated heterocycles. The highest BCUT2D eigenvalue weighted by molar-refractivity contribution is 7.80. The van der Waals surface area contributed by atoms with Crippen molar-refractivity contribution in [2.24, 2.45) is 5.73 Å². The molecule has 0 aliphatic heterocycles. The topological polar surface area (TPSA) is 35.2 Å². The molecule has 0 amide bonds. The first-order chi connectivity index (χ1) is 6.15. The van der Waals surface area contributed by atoms with Crippen LogP contribution in [0.4, 0.5) is 0 Å². The van der Waals surface area contributed by atoms with Gasteiger partial charge in [-0.15, -0.1) is 0 Å². The number of benzene rings is 1. The van der Waals surface area contributed by atoms with E-state index in [1.807, 2.05) is 25.1 Å². The number of ether oxygens (including phenoxy) is 1. The fourth-order valence-electron chi connectivity index (χ4n) is 1.33. The largest absolute Gasteiger partial charge is 0.496 e. The van der Waals surface area contributed by atoms with Crippen LogP contribution in [0.25, 0.3) is 0 Å². The van der Waals surface area contributed by atoms with Gasteiger partial charge in [0.1, 0.15) is 5.75 Å². The Kier molecular flexibility index (Phi) is 3.25. The Morgan fingerprint density at radius 1 is 1.54 bits per heavy atom. The zero-order valence-electron chi connectivity index (χ0n) is 7.83. The molecule has 0 aromatic heterocycles. The fraction of sp³-hybridized carbons (Fsp3) is 0.300. The summed E-state index contributed by atoms with van der Waals surface area (Å²) in [5.41, 5.74) is 7.63. The molecule has 0 heterocycles. The lowest BCUT2D eigenvalue weighted by Gasteiger charge is -2.09. The molecule has 0 aliphatic rings. The summed E-state index contributed by atoms with van der Waals surface area (Å²) in [6, 6.07) is 5.96. The van der Waals surface area contributed by atoms with Gasteiger partial charge >= 0.3 is 0 Å². The van der Waals surface area contributed by atoms with Crippen LogP contribution in [-0.4, -0.2) is 12.1 Å². The van der Waals surface area contributed by atoms with Crippen LogP contribution in [-0.2, 0) is 6.42 Å². The summed E-state index contributed by atoms with van der Waals surface area (Å²) < 4.78 is 5.26. The van der Waals surface area contributed by atoms with Gasteiger partial charge in [-0.3, -0.25) is 0 Å². The molecule has 0 bridgehead atoms. The van der Waals surface area contributed by atoms with Crippen LogP contribution in [0.2, 0.25) is 0 Å². The van der Waals surface area contributed by atoms with Gasteiger partial charge in [0.05, 0.1) is 12.1 Å². The van der Waals surface area contributed by atoms with E-state index < -0.39 is 0 Å². The molecule has 0 fully saturated rings. The molecule has 3 heteroatoms. The number of hydrogen-bond donors (Lipinski definition) is 1. The van der Waals surface area contributed by atoms with Gasteiger partial charge in [-0.2, -0.15) is 0 Å². The second-order valence-electron chi connectivity index (χ2n) is 2.91. The third kappa shape index (κ3) is 2.42. The second kappa shape index (κ2) is 4.23. The monoisotopic (exact) mass is 195 g/mol. The number of nitrogens with two attached hydrogens (primary N) is 1. The van der Waals surface area contributed by atoms with Crippen LogP contribution < -0.4 is 10.5 Å². The standard InChI is InChI=1S/C10H13NOS/c1-7-4-3-5-8(6-9(11)13)10(7)12-2/h3-5H,6H2,1-2H3,(H2,11,13). The fourth-order valence-corrected chi connectivity index (χ4v) is 1.49. The van der Waals surface area contributed by atoms with E-state index in [2.05, 4.69) is 0 Å². The lowest BCUT2D eigenvalue weighted by atomic mass is 10.1. The molecule has 0 radical (unpaired) electrons. The maximum absolute atomic E-state index is 5.47. The molecule has 0 spiro atoms. The van der Waals surface area contributed by atoms with Crippen LogP contribution in [0.1, 0.15) is 11.1 Å². The summed E-state index contributed by atoms with van der Waals surface area (Å²) in [6.45, 7) is 2.00. The van der Waals surface area contributed by atoms with E-state index >= 15 is 0 Å². The molecule has 0 unspecified atom stereocenters. The average Bonchev–Trinajstić information content (AvgIpc) is 2.03. The maximum atomic E-state index is 5.47. The Morgan fingerprint density at radius 2 is 2.23 bits per heavy atom. The molecule has 1 rings (SSSR count). The highest BCUT2D eigenvalue weighted by atomic mass is 32.1. The molecule has 2 nitrogen and oxygen atoms in total. The summed E-state index contributed by atoms with van der Waals surface area (Å²) in [5, 5.41) is 0. The Labute approximate surface area is 83.7 Å². The Bertz CT molecular complexity index is 323. The molecule has 0 saturated carbocycles. The molecule has 0 atom stereocenters. The average molecular weight is 195 g/mol. The van der Waals surface area contributed by atoms with Gasteiger partial charge in [-0.25, -0.2) is 0 Å². The van der Waals surface area contributed by atoms with Crippen LogP contribution in [0, 0.1) is 6.92 Å². The van der Waals surface area contributed by atoms with Gasteiger partial charge in [0, 0.05) is 12.0 Å². The van der Waals surface area contributed by atoms with Gasteiger partial charge in [0.25, 0.3) is 0 Å². The number of rotatable bonds is 3. The van der Waals surface area contributed by atoms with Gasteiger partial charge < -0.3 is 10.5 Å². The van der Waals surface area contributed by atoms with E-state index in [1.54, 1.807) is 7.11 Å². The summed E-state index contributed by atoms with van der Waals surface area (Å²) in [6.07, 6.45) is 0.597. The summed E-state index contributed by atoms with van der Waals surface area (Å²) in [4.78, 5) is 0.490. The van der Waals surface area contributed by atoms with Crippen molar-refractivity contribution in [2.45, 2.75) is 13.3 Å². The zero-order valence-corrected chi connectivity index (χ0v) is 8.65. The lowest BCUT2D eigenvalue weighted by molar-refractivity contribution is 0.408. The first-order valence-electron chi connectivity index (χ1n) is 4.06. The molecule has 2 N–H and O–H groups in total. The number of para-hydroxylation sites is 1. The molecular formula is C10H13NOS. The predicted octanol–water partition coefficient (Wildman–Crippen LogP) is 1.83. The predicted molar refractivity (Wildman–Crippen MR) is 58.2 cm³/mol. The van der Waals surface area contributed by atoms with E-state index in [4.69, 9.17) is 22.7 Å². The second-order valence-corrected chi connectivity index (χ2v) is 3.43. The van der Waals surface area contributed by atoms with Crippen molar-refractivity contribution >= 4 is 17.2 Å². The highest BCUT2D eigenvalue weighted by Gasteiger charge is 2.05. The first-order valence-corrected chi connectivity index (χ1v) is 4.46. The van der Waals surface area contributed by atoms with Crippen molar-refractivity contribution in [1.29, 1.82) is 0 Å².